The summed E-state index contributed by atoms with van der Waals surface area (Å²) in [5.74, 6) is -0.440. The average Bonchev–Trinajstić information content (AvgIpc) is 3.24. The molecule has 0 radical (unpaired) electrons. The standard InChI is InChI=1S/C25H26N2O3S/c1-17-9-11-20(12-10-17)24(28)27(16-18-6-5-13-26-15-18)21-14-22(31-23(21)25(29)30)19-7-3-2-4-8-19/h2-8,13-15,17,20H,9-12,16H2,1H3,(H,29,30). The van der Waals surface area contributed by atoms with Gasteiger partial charge in [0.25, 0.3) is 0 Å². The lowest BCUT2D eigenvalue weighted by Crippen LogP contribution is -2.37. The van der Waals surface area contributed by atoms with Crippen LogP contribution in [0.4, 0.5) is 5.69 Å². The molecule has 1 fully saturated rings. The summed E-state index contributed by atoms with van der Waals surface area (Å²) in [6.45, 7) is 2.53. The summed E-state index contributed by atoms with van der Waals surface area (Å²) in [4.78, 5) is 32.7. The van der Waals surface area contributed by atoms with Gasteiger partial charge < -0.3 is 10.0 Å². The maximum absolute atomic E-state index is 13.6. The minimum atomic E-state index is -1.01. The predicted octanol–water partition coefficient (Wildman–Crippen LogP) is 5.87. The second-order valence-corrected chi connectivity index (χ2v) is 9.29. The van der Waals surface area contributed by atoms with Crippen molar-refractivity contribution in [3.63, 3.8) is 0 Å². The molecule has 1 N–H and O–H groups in total. The van der Waals surface area contributed by atoms with Crippen molar-refractivity contribution in [3.05, 3.63) is 71.4 Å². The van der Waals surface area contributed by atoms with Crippen molar-refractivity contribution in [1.29, 1.82) is 0 Å². The zero-order valence-electron chi connectivity index (χ0n) is 17.5. The van der Waals surface area contributed by atoms with Crippen LogP contribution in [0.15, 0.2) is 60.9 Å². The largest absolute Gasteiger partial charge is 0.477 e. The molecule has 3 aromatic rings. The van der Waals surface area contributed by atoms with Crippen LogP contribution in [0.1, 0.15) is 47.8 Å². The van der Waals surface area contributed by atoms with E-state index in [-0.39, 0.29) is 16.7 Å². The van der Waals surface area contributed by atoms with Crippen LogP contribution >= 0.6 is 11.3 Å². The number of aromatic carboxylic acids is 1. The SMILES string of the molecule is CC1CCC(C(=O)N(Cc2cccnc2)c2cc(-c3ccccc3)sc2C(=O)O)CC1. The van der Waals surface area contributed by atoms with Gasteiger partial charge in [0, 0.05) is 23.2 Å². The molecule has 2 heterocycles. The lowest BCUT2D eigenvalue weighted by Gasteiger charge is -2.31. The van der Waals surface area contributed by atoms with E-state index in [0.29, 0.717) is 18.2 Å². The normalized spacial score (nSPS) is 18.5. The van der Waals surface area contributed by atoms with E-state index in [1.165, 1.54) is 11.3 Å². The Hall–Kier alpha value is -2.99. The topological polar surface area (TPSA) is 70.5 Å². The van der Waals surface area contributed by atoms with E-state index < -0.39 is 5.97 Å². The van der Waals surface area contributed by atoms with Crippen molar-refractivity contribution in [2.75, 3.05) is 4.90 Å². The number of aromatic nitrogens is 1. The van der Waals surface area contributed by atoms with Gasteiger partial charge in [0.1, 0.15) is 4.88 Å². The van der Waals surface area contributed by atoms with Crippen molar-refractivity contribution in [2.24, 2.45) is 11.8 Å². The molecular formula is C25H26N2O3S. The van der Waals surface area contributed by atoms with E-state index in [1.807, 2.05) is 48.5 Å². The number of hydrogen-bond acceptors (Lipinski definition) is 4. The molecule has 2 aromatic heterocycles. The molecule has 1 aliphatic carbocycles. The lowest BCUT2D eigenvalue weighted by atomic mass is 9.82. The maximum Gasteiger partial charge on any atom is 0.348 e. The Morgan fingerprint density at radius 2 is 1.84 bits per heavy atom. The third-order valence-electron chi connectivity index (χ3n) is 5.95. The van der Waals surface area contributed by atoms with Crippen molar-refractivity contribution in [2.45, 2.75) is 39.2 Å². The Bertz CT molecular complexity index is 1040. The van der Waals surface area contributed by atoms with Gasteiger partial charge in [-0.25, -0.2) is 4.79 Å². The van der Waals surface area contributed by atoms with Gasteiger partial charge >= 0.3 is 5.97 Å². The first-order valence-electron chi connectivity index (χ1n) is 10.7. The number of carbonyl (C=O) groups excluding carboxylic acids is 1. The highest BCUT2D eigenvalue weighted by atomic mass is 32.1. The molecule has 31 heavy (non-hydrogen) atoms. The number of rotatable bonds is 6. The fraction of sp³-hybridized carbons (Fsp3) is 0.320. The number of pyridine rings is 1. The number of thiophene rings is 1. The molecule has 4 rings (SSSR count). The van der Waals surface area contributed by atoms with E-state index in [9.17, 15) is 14.7 Å². The summed E-state index contributed by atoms with van der Waals surface area (Å²) in [5.41, 5.74) is 2.30. The molecular weight excluding hydrogens is 408 g/mol. The summed E-state index contributed by atoms with van der Waals surface area (Å²) in [7, 11) is 0. The van der Waals surface area contributed by atoms with Gasteiger partial charge in [0.05, 0.1) is 12.2 Å². The van der Waals surface area contributed by atoms with Crippen LogP contribution in [0.5, 0.6) is 0 Å². The number of anilines is 1. The second-order valence-electron chi connectivity index (χ2n) is 8.24. The summed E-state index contributed by atoms with van der Waals surface area (Å²) >= 11 is 1.21. The molecule has 1 aliphatic rings. The highest BCUT2D eigenvalue weighted by Gasteiger charge is 2.32. The molecule has 1 amide bonds. The van der Waals surface area contributed by atoms with Crippen molar-refractivity contribution in [1.82, 2.24) is 4.98 Å². The van der Waals surface area contributed by atoms with Crippen LogP contribution in [0, 0.1) is 11.8 Å². The highest BCUT2D eigenvalue weighted by molar-refractivity contribution is 7.18. The number of carboxylic acid groups (broad SMARTS) is 1. The van der Waals surface area contributed by atoms with Crippen LogP contribution in [0.2, 0.25) is 0 Å². The molecule has 0 atom stereocenters. The van der Waals surface area contributed by atoms with Crippen molar-refractivity contribution in [3.8, 4) is 10.4 Å². The van der Waals surface area contributed by atoms with Crippen molar-refractivity contribution >= 4 is 28.9 Å². The van der Waals surface area contributed by atoms with Crippen LogP contribution < -0.4 is 4.90 Å². The van der Waals surface area contributed by atoms with Gasteiger partial charge in [-0.3, -0.25) is 9.78 Å². The Kier molecular flexibility index (Phi) is 6.47. The molecule has 0 bridgehead atoms. The summed E-state index contributed by atoms with van der Waals surface area (Å²) in [5, 5.41) is 9.93. The maximum atomic E-state index is 13.6. The fourth-order valence-corrected chi connectivity index (χ4v) is 5.17. The summed E-state index contributed by atoms with van der Waals surface area (Å²) in [6.07, 6.45) is 7.18. The van der Waals surface area contributed by atoms with E-state index in [4.69, 9.17) is 0 Å². The Morgan fingerprint density at radius 3 is 2.48 bits per heavy atom. The van der Waals surface area contributed by atoms with E-state index >= 15 is 0 Å². The third-order valence-corrected chi connectivity index (χ3v) is 7.11. The van der Waals surface area contributed by atoms with Crippen LogP contribution in [0.3, 0.4) is 0 Å². The first kappa shape index (κ1) is 21.2. The van der Waals surface area contributed by atoms with Gasteiger partial charge in [0.15, 0.2) is 0 Å². The van der Waals surface area contributed by atoms with Gasteiger partial charge in [-0.1, -0.05) is 43.3 Å². The minimum absolute atomic E-state index is 0.00987. The fourth-order valence-electron chi connectivity index (χ4n) is 4.16. The number of benzene rings is 1. The molecule has 0 unspecified atom stereocenters. The number of nitrogens with zero attached hydrogens (tertiary/aromatic N) is 2. The zero-order chi connectivity index (χ0) is 21.8. The average molecular weight is 435 g/mol. The van der Waals surface area contributed by atoms with Crippen LogP contribution in [-0.4, -0.2) is 22.0 Å². The molecule has 0 saturated heterocycles. The van der Waals surface area contributed by atoms with E-state index in [0.717, 1.165) is 41.7 Å². The monoisotopic (exact) mass is 434 g/mol. The molecule has 5 nitrogen and oxygen atoms in total. The Balaban J connectivity index is 1.74. The minimum Gasteiger partial charge on any atom is -0.477 e. The molecule has 0 spiro atoms. The van der Waals surface area contributed by atoms with E-state index in [1.54, 1.807) is 17.3 Å². The second kappa shape index (κ2) is 9.43. The molecule has 160 valence electrons. The number of carboxylic acids is 1. The first-order valence-corrected chi connectivity index (χ1v) is 11.5. The molecule has 6 heteroatoms. The quantitative estimate of drug-likeness (QED) is 0.527. The summed E-state index contributed by atoms with van der Waals surface area (Å²) in [6, 6.07) is 15.3. The molecule has 1 aromatic carbocycles. The Labute approximate surface area is 186 Å². The van der Waals surface area contributed by atoms with Gasteiger partial charge in [-0.2, -0.15) is 0 Å². The molecule has 1 saturated carbocycles. The smallest absolute Gasteiger partial charge is 0.348 e. The van der Waals surface area contributed by atoms with Gasteiger partial charge in [-0.05, 0) is 54.9 Å². The van der Waals surface area contributed by atoms with Crippen LogP contribution in [-0.2, 0) is 11.3 Å². The zero-order valence-corrected chi connectivity index (χ0v) is 18.3. The predicted molar refractivity (Wildman–Crippen MR) is 123 cm³/mol. The highest BCUT2D eigenvalue weighted by Crippen LogP contribution is 2.39. The van der Waals surface area contributed by atoms with Gasteiger partial charge in [0.2, 0.25) is 5.91 Å². The molecule has 0 aliphatic heterocycles. The number of amides is 1. The van der Waals surface area contributed by atoms with Gasteiger partial charge in [-0.15, -0.1) is 11.3 Å². The number of carbonyl (C=O) groups is 2. The lowest BCUT2D eigenvalue weighted by molar-refractivity contribution is -0.123. The van der Waals surface area contributed by atoms with Crippen LogP contribution in [0.25, 0.3) is 10.4 Å². The van der Waals surface area contributed by atoms with Crippen molar-refractivity contribution < 1.29 is 14.7 Å². The third kappa shape index (κ3) is 4.85. The number of hydrogen-bond donors (Lipinski definition) is 1. The summed E-state index contributed by atoms with van der Waals surface area (Å²) < 4.78 is 0. The Morgan fingerprint density at radius 1 is 1.10 bits per heavy atom. The van der Waals surface area contributed by atoms with E-state index in [2.05, 4.69) is 11.9 Å². The first-order chi connectivity index (χ1) is 15.0.